The first-order valence-corrected chi connectivity index (χ1v) is 8.64. The summed E-state index contributed by atoms with van der Waals surface area (Å²) in [6, 6.07) is 8.04. The van der Waals surface area contributed by atoms with Crippen LogP contribution in [0, 0.1) is 11.8 Å². The standard InChI is InChI=1S/C15H22BrNO.C2H2O4/c1-12-9-13(2)11-17(10-12)7-8-18-15-5-3-14(16)4-6-15;3-1(4)2(5)6/h3-6,12-13H,7-11H2,1-2H3;(H,3,4)(H,5,6). The van der Waals surface area contributed by atoms with Gasteiger partial charge in [-0.05, 0) is 42.5 Å². The molecule has 1 heterocycles. The SMILES string of the molecule is CC1CC(C)CN(CCOc2ccc(Br)cc2)C1.O=C(O)C(=O)O. The maximum absolute atomic E-state index is 9.10. The van der Waals surface area contributed by atoms with Crippen molar-refractivity contribution in [3.63, 3.8) is 0 Å². The average molecular weight is 402 g/mol. The number of hydrogen-bond acceptors (Lipinski definition) is 4. The number of piperidine rings is 1. The molecule has 1 aromatic rings. The minimum Gasteiger partial charge on any atom is -0.492 e. The molecule has 1 aromatic carbocycles. The molecule has 2 N–H and O–H groups in total. The zero-order chi connectivity index (χ0) is 18.1. The predicted molar refractivity (Wildman–Crippen MR) is 94.3 cm³/mol. The largest absolute Gasteiger partial charge is 0.492 e. The van der Waals surface area contributed by atoms with Gasteiger partial charge in [-0.2, -0.15) is 0 Å². The molecule has 2 unspecified atom stereocenters. The highest BCUT2D eigenvalue weighted by molar-refractivity contribution is 9.10. The molecule has 6 nitrogen and oxygen atoms in total. The van der Waals surface area contributed by atoms with Gasteiger partial charge in [0.25, 0.3) is 0 Å². The lowest BCUT2D eigenvalue weighted by Gasteiger charge is -2.34. The third-order valence-corrected chi connectivity index (χ3v) is 4.15. The second-order valence-electron chi connectivity index (χ2n) is 6.12. The summed E-state index contributed by atoms with van der Waals surface area (Å²) in [7, 11) is 0. The Balaban J connectivity index is 0.000000413. The summed E-state index contributed by atoms with van der Waals surface area (Å²) in [5, 5.41) is 14.8. The highest BCUT2D eigenvalue weighted by atomic mass is 79.9. The lowest BCUT2D eigenvalue weighted by molar-refractivity contribution is -0.159. The molecular formula is C17H24BrNO5. The summed E-state index contributed by atoms with van der Waals surface area (Å²) in [6.07, 6.45) is 1.37. The third kappa shape index (κ3) is 8.31. The van der Waals surface area contributed by atoms with Gasteiger partial charge in [-0.15, -0.1) is 0 Å². The maximum atomic E-state index is 9.10. The van der Waals surface area contributed by atoms with Crippen molar-refractivity contribution < 1.29 is 24.5 Å². The maximum Gasteiger partial charge on any atom is 0.414 e. The number of carbonyl (C=O) groups is 2. The summed E-state index contributed by atoms with van der Waals surface area (Å²) < 4.78 is 6.86. The Hall–Kier alpha value is -1.60. The Morgan fingerprint density at radius 2 is 1.62 bits per heavy atom. The molecule has 2 rings (SSSR count). The number of hydrogen-bond donors (Lipinski definition) is 2. The van der Waals surface area contributed by atoms with Crippen molar-refractivity contribution in [3.8, 4) is 5.75 Å². The van der Waals surface area contributed by atoms with Gasteiger partial charge in [-0.1, -0.05) is 29.8 Å². The van der Waals surface area contributed by atoms with Gasteiger partial charge in [0, 0.05) is 24.1 Å². The number of ether oxygens (including phenoxy) is 1. The van der Waals surface area contributed by atoms with Crippen LogP contribution in [0.15, 0.2) is 28.7 Å². The number of carboxylic acids is 2. The first-order valence-electron chi connectivity index (χ1n) is 7.84. The van der Waals surface area contributed by atoms with Crippen molar-refractivity contribution >= 4 is 27.9 Å². The molecule has 1 saturated heterocycles. The van der Waals surface area contributed by atoms with E-state index in [-0.39, 0.29) is 0 Å². The average Bonchev–Trinajstić information content (AvgIpc) is 2.49. The van der Waals surface area contributed by atoms with Gasteiger partial charge in [-0.3, -0.25) is 4.90 Å². The van der Waals surface area contributed by atoms with Crippen LogP contribution in [0.2, 0.25) is 0 Å². The molecule has 24 heavy (non-hydrogen) atoms. The second kappa shape index (κ2) is 10.3. The molecule has 0 saturated carbocycles. The van der Waals surface area contributed by atoms with E-state index in [9.17, 15) is 0 Å². The van der Waals surface area contributed by atoms with Crippen LogP contribution in [0.4, 0.5) is 0 Å². The molecule has 0 aromatic heterocycles. The van der Waals surface area contributed by atoms with Crippen LogP contribution in [0.5, 0.6) is 5.75 Å². The minimum absolute atomic E-state index is 0.779. The number of aliphatic carboxylic acids is 2. The van der Waals surface area contributed by atoms with E-state index < -0.39 is 11.9 Å². The Bertz CT molecular complexity index is 512. The van der Waals surface area contributed by atoms with Crippen LogP contribution in [-0.4, -0.2) is 53.3 Å². The van der Waals surface area contributed by atoms with Crippen molar-refractivity contribution in [1.29, 1.82) is 0 Å². The minimum atomic E-state index is -1.82. The van der Waals surface area contributed by atoms with E-state index in [1.165, 1.54) is 19.5 Å². The molecular weight excluding hydrogens is 378 g/mol. The van der Waals surface area contributed by atoms with Crippen LogP contribution < -0.4 is 4.74 Å². The Labute approximate surface area is 150 Å². The molecule has 0 amide bonds. The van der Waals surface area contributed by atoms with Crippen molar-refractivity contribution in [2.45, 2.75) is 20.3 Å². The normalized spacial score (nSPS) is 20.6. The molecule has 0 spiro atoms. The van der Waals surface area contributed by atoms with Crippen molar-refractivity contribution in [2.75, 3.05) is 26.2 Å². The highest BCUT2D eigenvalue weighted by Crippen LogP contribution is 2.21. The predicted octanol–water partition coefficient (Wildman–Crippen LogP) is 2.96. The number of rotatable bonds is 4. The van der Waals surface area contributed by atoms with Crippen LogP contribution in [0.3, 0.4) is 0 Å². The topological polar surface area (TPSA) is 87.1 Å². The van der Waals surface area contributed by atoms with Crippen LogP contribution in [0.1, 0.15) is 20.3 Å². The summed E-state index contributed by atoms with van der Waals surface area (Å²) in [5.74, 6) is -1.05. The summed E-state index contributed by atoms with van der Waals surface area (Å²) in [5.41, 5.74) is 0. The number of halogens is 1. The molecule has 134 valence electrons. The molecule has 0 aliphatic carbocycles. The van der Waals surface area contributed by atoms with Gasteiger partial charge in [0.15, 0.2) is 0 Å². The molecule has 1 aliphatic rings. The molecule has 1 aliphatic heterocycles. The fourth-order valence-corrected chi connectivity index (χ4v) is 3.06. The van der Waals surface area contributed by atoms with E-state index in [1.807, 2.05) is 24.3 Å². The van der Waals surface area contributed by atoms with Crippen molar-refractivity contribution in [2.24, 2.45) is 11.8 Å². The first-order chi connectivity index (χ1) is 11.3. The monoisotopic (exact) mass is 401 g/mol. The lowest BCUT2D eigenvalue weighted by atomic mass is 9.92. The molecule has 1 fully saturated rings. The zero-order valence-corrected chi connectivity index (χ0v) is 15.5. The van der Waals surface area contributed by atoms with Gasteiger partial charge >= 0.3 is 11.9 Å². The van der Waals surface area contributed by atoms with Crippen LogP contribution in [0.25, 0.3) is 0 Å². The summed E-state index contributed by atoms with van der Waals surface area (Å²) in [4.78, 5) is 20.7. The van der Waals surface area contributed by atoms with Gasteiger partial charge in [-0.25, -0.2) is 9.59 Å². The number of carboxylic acid groups (broad SMARTS) is 2. The summed E-state index contributed by atoms with van der Waals surface area (Å²) >= 11 is 3.43. The molecule has 7 heteroatoms. The number of likely N-dealkylation sites (tertiary alicyclic amines) is 1. The Kier molecular flexibility index (Phi) is 8.78. The smallest absolute Gasteiger partial charge is 0.414 e. The first kappa shape index (κ1) is 20.4. The van der Waals surface area contributed by atoms with Gasteiger partial charge in [0.2, 0.25) is 0 Å². The Morgan fingerprint density at radius 3 is 2.08 bits per heavy atom. The zero-order valence-electron chi connectivity index (χ0n) is 13.9. The van der Waals surface area contributed by atoms with E-state index in [2.05, 4.69) is 34.7 Å². The van der Waals surface area contributed by atoms with Crippen LogP contribution >= 0.6 is 15.9 Å². The molecule has 0 bridgehead atoms. The fourth-order valence-electron chi connectivity index (χ4n) is 2.80. The van der Waals surface area contributed by atoms with E-state index in [1.54, 1.807) is 0 Å². The lowest BCUT2D eigenvalue weighted by Crippen LogP contribution is -2.40. The highest BCUT2D eigenvalue weighted by Gasteiger charge is 2.21. The van der Waals surface area contributed by atoms with Gasteiger partial charge in [0.05, 0.1) is 0 Å². The van der Waals surface area contributed by atoms with Gasteiger partial charge in [0.1, 0.15) is 12.4 Å². The van der Waals surface area contributed by atoms with Gasteiger partial charge < -0.3 is 14.9 Å². The van der Waals surface area contributed by atoms with Crippen molar-refractivity contribution in [3.05, 3.63) is 28.7 Å². The quantitative estimate of drug-likeness (QED) is 0.754. The second-order valence-corrected chi connectivity index (χ2v) is 7.03. The molecule has 0 radical (unpaired) electrons. The fraction of sp³-hybridized carbons (Fsp3) is 0.529. The Morgan fingerprint density at radius 1 is 1.12 bits per heavy atom. The summed E-state index contributed by atoms with van der Waals surface area (Å²) in [6.45, 7) is 8.93. The van der Waals surface area contributed by atoms with E-state index >= 15 is 0 Å². The van der Waals surface area contributed by atoms with E-state index in [0.717, 1.165) is 35.2 Å². The number of benzene rings is 1. The van der Waals surface area contributed by atoms with Crippen molar-refractivity contribution in [1.82, 2.24) is 4.90 Å². The third-order valence-electron chi connectivity index (χ3n) is 3.62. The number of nitrogens with zero attached hydrogens (tertiary/aromatic N) is 1. The molecule has 2 atom stereocenters. The van der Waals surface area contributed by atoms with Crippen LogP contribution in [-0.2, 0) is 9.59 Å². The van der Waals surface area contributed by atoms with E-state index in [0.29, 0.717) is 0 Å². The van der Waals surface area contributed by atoms with E-state index in [4.69, 9.17) is 24.5 Å².